The van der Waals surface area contributed by atoms with Gasteiger partial charge in [-0.15, -0.1) is 0 Å². The Morgan fingerprint density at radius 1 is 1.38 bits per heavy atom. The summed E-state index contributed by atoms with van der Waals surface area (Å²) in [6.07, 6.45) is 1.03. The first kappa shape index (κ1) is 10.4. The van der Waals surface area contributed by atoms with Crippen molar-refractivity contribution in [3.63, 3.8) is 0 Å². The molecule has 0 radical (unpaired) electrons. The normalized spacial score (nSPS) is 14.0. The highest BCUT2D eigenvalue weighted by Crippen LogP contribution is 2.20. The van der Waals surface area contributed by atoms with E-state index in [9.17, 15) is 5.11 Å². The second-order valence-corrected chi connectivity index (χ2v) is 4.59. The van der Waals surface area contributed by atoms with E-state index >= 15 is 0 Å². The van der Waals surface area contributed by atoms with E-state index in [1.807, 2.05) is 24.3 Å². The Balaban J connectivity index is 2.99. The lowest BCUT2D eigenvalue weighted by Gasteiger charge is -2.05. The molecule has 1 rings (SSSR count). The maximum absolute atomic E-state index is 9.20. The van der Waals surface area contributed by atoms with E-state index < -0.39 is 10.7 Å². The Morgan fingerprint density at radius 3 is 2.31 bits per heavy atom. The lowest BCUT2D eigenvalue weighted by atomic mass is 10.2. The Bertz CT molecular complexity index is 312. The van der Waals surface area contributed by atoms with Crippen LogP contribution in [-0.2, 0) is 6.42 Å². The van der Waals surface area contributed by atoms with Gasteiger partial charge in [-0.25, -0.2) is 0 Å². The zero-order valence-electron chi connectivity index (χ0n) is 7.95. The summed E-state index contributed by atoms with van der Waals surface area (Å²) in [6, 6.07) is 8.04. The quantitative estimate of drug-likeness (QED) is 0.715. The van der Waals surface area contributed by atoms with Crippen LogP contribution < -0.4 is 5.14 Å². The van der Waals surface area contributed by atoms with Crippen molar-refractivity contribution in [1.82, 2.24) is 0 Å². The van der Waals surface area contributed by atoms with E-state index in [2.05, 4.69) is 6.92 Å². The number of nitrogens with two attached hydrogens (primary N) is 1. The summed E-state index contributed by atoms with van der Waals surface area (Å²) in [7, 11) is -0.623. The third-order valence-corrected chi connectivity index (χ3v) is 3.32. The topological polar surface area (TPSA) is 46.2 Å². The van der Waals surface area contributed by atoms with Gasteiger partial charge in [0.05, 0.1) is 5.05 Å². The number of aliphatic hydroxyl groups excluding tert-OH is 1. The van der Waals surface area contributed by atoms with E-state index in [1.165, 1.54) is 5.56 Å². The van der Waals surface area contributed by atoms with Gasteiger partial charge in [0.1, 0.15) is 0 Å². The van der Waals surface area contributed by atoms with E-state index in [0.717, 1.165) is 11.3 Å². The molecular formula is C10H15NOS. The van der Waals surface area contributed by atoms with Crippen LogP contribution in [0, 0.1) is 0 Å². The van der Waals surface area contributed by atoms with Gasteiger partial charge >= 0.3 is 0 Å². The maximum atomic E-state index is 9.20. The minimum Gasteiger partial charge on any atom is -0.358 e. The number of rotatable bonds is 2. The summed E-state index contributed by atoms with van der Waals surface area (Å²) in [6.45, 7) is 3.75. The molecule has 3 heteroatoms. The molecule has 0 aliphatic carbocycles. The summed E-state index contributed by atoms with van der Waals surface area (Å²) in [5, 5.41) is 15.3. The predicted molar refractivity (Wildman–Crippen MR) is 59.2 cm³/mol. The van der Waals surface area contributed by atoms with Crippen LogP contribution in [0.2, 0.25) is 0 Å². The van der Waals surface area contributed by atoms with E-state index in [4.69, 9.17) is 5.14 Å². The molecule has 0 fully saturated rings. The molecule has 0 aromatic heterocycles. The molecule has 1 atom stereocenters. The van der Waals surface area contributed by atoms with Crippen molar-refractivity contribution >= 4 is 15.7 Å². The monoisotopic (exact) mass is 197 g/mol. The third kappa shape index (κ3) is 2.66. The fourth-order valence-electron chi connectivity index (χ4n) is 1.04. The molecule has 2 nitrogen and oxygen atoms in total. The largest absolute Gasteiger partial charge is 0.358 e. The predicted octanol–water partition coefficient (Wildman–Crippen LogP) is 2.46. The van der Waals surface area contributed by atoms with Crippen molar-refractivity contribution in [1.29, 1.82) is 0 Å². The van der Waals surface area contributed by atoms with Gasteiger partial charge in [0.2, 0.25) is 0 Å². The molecule has 0 heterocycles. The van der Waals surface area contributed by atoms with Crippen molar-refractivity contribution < 1.29 is 5.11 Å². The molecule has 3 N–H and O–H groups in total. The number of hydrogen-bond donors (Lipinski definition) is 2. The van der Waals surface area contributed by atoms with Gasteiger partial charge in [-0.3, -0.25) is 5.14 Å². The van der Waals surface area contributed by atoms with Gasteiger partial charge in [0.15, 0.2) is 0 Å². The van der Waals surface area contributed by atoms with Gasteiger partial charge in [-0.1, -0.05) is 29.7 Å². The SMILES string of the molecule is CCc1ccc(/S(N)=C(/C)O)cc1. The Labute approximate surface area is 81.5 Å². The summed E-state index contributed by atoms with van der Waals surface area (Å²) in [5.41, 5.74) is 1.29. The Kier molecular flexibility index (Phi) is 3.66. The average molecular weight is 197 g/mol. The first-order chi connectivity index (χ1) is 6.15. The number of benzene rings is 1. The highest BCUT2D eigenvalue weighted by Gasteiger charge is 1.97. The van der Waals surface area contributed by atoms with Gasteiger partial charge in [0.25, 0.3) is 0 Å². The molecule has 1 aromatic rings. The first-order valence-electron chi connectivity index (χ1n) is 4.25. The molecule has 0 saturated carbocycles. The molecular weight excluding hydrogens is 182 g/mol. The standard InChI is InChI=1S/C10H15NOS/c1-3-9-4-6-10(7-5-9)13(11)8(2)12/h4-7,12H,3,11H2,1-2H3. The summed E-state index contributed by atoms with van der Waals surface area (Å²) in [5.74, 6) is 0. The second kappa shape index (κ2) is 4.56. The van der Waals surface area contributed by atoms with E-state index in [0.29, 0.717) is 0 Å². The molecule has 0 aliphatic rings. The lowest BCUT2D eigenvalue weighted by molar-refractivity contribution is 0.564. The van der Waals surface area contributed by atoms with Crippen LogP contribution in [0.25, 0.3) is 0 Å². The molecule has 1 aromatic carbocycles. The second-order valence-electron chi connectivity index (χ2n) is 2.85. The molecule has 72 valence electrons. The highest BCUT2D eigenvalue weighted by atomic mass is 32.2. The molecule has 0 spiro atoms. The van der Waals surface area contributed by atoms with E-state index in [-0.39, 0.29) is 5.05 Å². The minimum atomic E-state index is -0.623. The van der Waals surface area contributed by atoms with Gasteiger partial charge < -0.3 is 5.11 Å². The van der Waals surface area contributed by atoms with Crippen LogP contribution >= 0.6 is 10.7 Å². The number of hydrogen-bond acceptors (Lipinski definition) is 1. The zero-order chi connectivity index (χ0) is 9.84. The van der Waals surface area contributed by atoms with Crippen molar-refractivity contribution in [2.24, 2.45) is 5.14 Å². The molecule has 1 unspecified atom stereocenters. The first-order valence-corrected chi connectivity index (χ1v) is 5.54. The highest BCUT2D eigenvalue weighted by molar-refractivity contribution is 8.13. The molecule has 13 heavy (non-hydrogen) atoms. The van der Waals surface area contributed by atoms with Crippen molar-refractivity contribution in [2.45, 2.75) is 25.2 Å². The Hall–Kier alpha value is -0.640. The van der Waals surface area contributed by atoms with Crippen LogP contribution in [0.1, 0.15) is 19.4 Å². The minimum absolute atomic E-state index is 0.282. The van der Waals surface area contributed by atoms with Crippen LogP contribution in [0.15, 0.2) is 29.2 Å². The molecule has 0 bridgehead atoms. The van der Waals surface area contributed by atoms with Gasteiger partial charge in [-0.05, 0) is 31.0 Å². The number of aliphatic hydroxyl groups is 1. The summed E-state index contributed by atoms with van der Waals surface area (Å²) < 4.78 is 0. The molecule has 0 aliphatic heterocycles. The van der Waals surface area contributed by atoms with Gasteiger partial charge in [0, 0.05) is 4.90 Å². The number of aryl methyl sites for hydroxylation is 1. The average Bonchev–Trinajstić information content (AvgIpc) is 2.17. The lowest BCUT2D eigenvalue weighted by Crippen LogP contribution is -1.97. The van der Waals surface area contributed by atoms with E-state index in [1.54, 1.807) is 6.92 Å². The summed E-state index contributed by atoms with van der Waals surface area (Å²) in [4.78, 5) is 0.984. The fourth-order valence-corrected chi connectivity index (χ4v) is 1.81. The maximum Gasteiger partial charge on any atom is 0.0868 e. The van der Waals surface area contributed by atoms with Crippen LogP contribution in [0.4, 0.5) is 0 Å². The fraction of sp³-hybridized carbons (Fsp3) is 0.300. The zero-order valence-corrected chi connectivity index (χ0v) is 8.77. The van der Waals surface area contributed by atoms with Crippen LogP contribution in [0.3, 0.4) is 0 Å². The van der Waals surface area contributed by atoms with Crippen LogP contribution in [-0.4, -0.2) is 10.2 Å². The summed E-state index contributed by atoms with van der Waals surface area (Å²) >= 11 is 0. The Morgan fingerprint density at radius 2 is 1.92 bits per heavy atom. The molecule has 0 amide bonds. The van der Waals surface area contributed by atoms with Gasteiger partial charge in [-0.2, -0.15) is 0 Å². The van der Waals surface area contributed by atoms with Crippen molar-refractivity contribution in [3.05, 3.63) is 29.8 Å². The van der Waals surface area contributed by atoms with Crippen molar-refractivity contribution in [2.75, 3.05) is 0 Å². The van der Waals surface area contributed by atoms with Crippen molar-refractivity contribution in [3.8, 4) is 0 Å². The van der Waals surface area contributed by atoms with Crippen LogP contribution in [0.5, 0.6) is 0 Å². The smallest absolute Gasteiger partial charge is 0.0868 e. The third-order valence-electron chi connectivity index (χ3n) is 1.90. The molecule has 0 saturated heterocycles.